The van der Waals surface area contributed by atoms with E-state index in [1.165, 1.54) is 9.26 Å². The van der Waals surface area contributed by atoms with Crippen molar-refractivity contribution >= 4 is 34.5 Å². The van der Waals surface area contributed by atoms with Crippen LogP contribution in [0.2, 0.25) is 0 Å². The second-order valence-electron chi connectivity index (χ2n) is 8.52. The monoisotopic (exact) mass is 460 g/mol. The smallest absolute Gasteiger partial charge is 0.410 e. The van der Waals surface area contributed by atoms with Crippen LogP contribution in [0.1, 0.15) is 58.7 Å². The van der Waals surface area contributed by atoms with Crippen LogP contribution in [0.4, 0.5) is 10.6 Å². The Morgan fingerprint density at radius 1 is 1.40 bits per heavy atom. The summed E-state index contributed by atoms with van der Waals surface area (Å²) in [6, 6.07) is 0.450. The fourth-order valence-electron chi connectivity index (χ4n) is 3.80. The molecule has 0 unspecified atom stereocenters. The van der Waals surface area contributed by atoms with Crippen LogP contribution >= 0.6 is 22.6 Å². The molecule has 0 atom stereocenters. The molecule has 140 valence electrons. The minimum atomic E-state index is -0.424. The molecule has 1 aromatic rings. The summed E-state index contributed by atoms with van der Waals surface area (Å²) in [5.41, 5.74) is 1.09. The Balaban J connectivity index is 1.55. The molecule has 2 fully saturated rings. The van der Waals surface area contributed by atoms with Gasteiger partial charge in [0.15, 0.2) is 5.82 Å². The van der Waals surface area contributed by atoms with E-state index in [4.69, 9.17) is 9.84 Å². The molecule has 1 aliphatic carbocycles. The van der Waals surface area contributed by atoms with Crippen LogP contribution in [0, 0.1) is 15.9 Å². The predicted octanol–water partition coefficient (Wildman–Crippen LogP) is 4.19. The fraction of sp³-hybridized carbons (Fsp3) is 0.778. The lowest BCUT2D eigenvalue weighted by Gasteiger charge is -2.58. The van der Waals surface area contributed by atoms with E-state index >= 15 is 0 Å². The van der Waals surface area contributed by atoms with Gasteiger partial charge in [0.2, 0.25) is 0 Å². The Bertz CT molecular complexity index is 651. The molecule has 1 saturated heterocycles. The molecule has 1 amide bonds. The Morgan fingerprint density at radius 2 is 2.04 bits per heavy atom. The van der Waals surface area contributed by atoms with E-state index in [0.29, 0.717) is 6.04 Å². The highest BCUT2D eigenvalue weighted by molar-refractivity contribution is 14.1. The first-order chi connectivity index (χ1) is 11.6. The van der Waals surface area contributed by atoms with Crippen molar-refractivity contribution in [3.05, 3.63) is 9.26 Å². The van der Waals surface area contributed by atoms with Gasteiger partial charge in [-0.2, -0.15) is 5.10 Å². The third-order valence-corrected chi connectivity index (χ3v) is 6.30. The fourth-order valence-corrected chi connectivity index (χ4v) is 4.35. The Kier molecular flexibility index (Phi) is 4.98. The number of hydrogen-bond acceptors (Lipinski definition) is 4. The van der Waals surface area contributed by atoms with Crippen molar-refractivity contribution in [1.29, 1.82) is 0 Å². The summed E-state index contributed by atoms with van der Waals surface area (Å²) in [6.45, 7) is 12.6. The number of rotatable bonds is 4. The quantitative estimate of drug-likeness (QED) is 0.685. The number of nitrogens with one attached hydrogen (secondary N) is 1. The molecule has 1 saturated carbocycles. The van der Waals surface area contributed by atoms with Crippen LogP contribution in [0.15, 0.2) is 0 Å². The van der Waals surface area contributed by atoms with E-state index in [1.807, 2.05) is 25.7 Å². The molecule has 0 radical (unpaired) electrons. The molecular weight excluding hydrogens is 431 g/mol. The molecule has 2 heterocycles. The Labute approximate surface area is 163 Å². The van der Waals surface area contributed by atoms with Crippen LogP contribution in [0.3, 0.4) is 0 Å². The lowest BCUT2D eigenvalue weighted by molar-refractivity contribution is -0.0930. The molecule has 1 aromatic heterocycles. The van der Waals surface area contributed by atoms with Gasteiger partial charge in [0, 0.05) is 25.0 Å². The van der Waals surface area contributed by atoms with Crippen molar-refractivity contribution in [2.24, 2.45) is 5.41 Å². The van der Waals surface area contributed by atoms with Crippen LogP contribution in [0.5, 0.6) is 0 Å². The maximum Gasteiger partial charge on any atom is 0.410 e. The predicted molar refractivity (Wildman–Crippen MR) is 107 cm³/mol. The molecule has 0 bridgehead atoms. The van der Waals surface area contributed by atoms with Crippen LogP contribution in [0.25, 0.3) is 0 Å². The van der Waals surface area contributed by atoms with Gasteiger partial charge in [-0.1, -0.05) is 6.92 Å². The molecule has 0 aromatic carbocycles. The van der Waals surface area contributed by atoms with E-state index in [0.717, 1.165) is 44.7 Å². The number of hydrogen-bond donors (Lipinski definition) is 1. The van der Waals surface area contributed by atoms with Gasteiger partial charge < -0.3 is 15.0 Å². The number of aromatic nitrogens is 2. The molecule has 25 heavy (non-hydrogen) atoms. The van der Waals surface area contributed by atoms with Crippen molar-refractivity contribution < 1.29 is 9.53 Å². The van der Waals surface area contributed by atoms with Gasteiger partial charge in [-0.05, 0) is 69.5 Å². The number of carbonyl (C=O) groups excluding carboxylic acids is 1. The molecule has 6 nitrogen and oxygen atoms in total. The SMILES string of the molecule is CCCNc1nn(C2CC3(C2)CN(C(=O)OC(C)(C)C)C3)c(C)c1I. The zero-order valence-corrected chi connectivity index (χ0v) is 18.0. The largest absolute Gasteiger partial charge is 0.444 e. The van der Waals surface area contributed by atoms with Crippen molar-refractivity contribution in [3.63, 3.8) is 0 Å². The van der Waals surface area contributed by atoms with E-state index in [9.17, 15) is 4.79 Å². The third kappa shape index (κ3) is 3.75. The number of ether oxygens (including phenoxy) is 1. The topological polar surface area (TPSA) is 59.4 Å². The van der Waals surface area contributed by atoms with Crippen LogP contribution in [-0.4, -0.2) is 46.0 Å². The van der Waals surface area contributed by atoms with Crippen molar-refractivity contribution in [1.82, 2.24) is 14.7 Å². The number of anilines is 1. The lowest BCUT2D eigenvalue weighted by atomic mass is 9.61. The van der Waals surface area contributed by atoms with Crippen molar-refractivity contribution in [2.45, 2.75) is 65.5 Å². The summed E-state index contributed by atoms with van der Waals surface area (Å²) in [4.78, 5) is 13.9. The normalized spacial score (nSPS) is 19.5. The number of carbonyl (C=O) groups is 1. The standard InChI is InChI=1S/C18H29IN4O2/c1-6-7-20-15-14(19)12(2)23(21-15)13-8-18(9-13)10-22(11-18)16(24)25-17(3,4)5/h13H,6-11H2,1-5H3,(H,20,21). The van der Waals surface area contributed by atoms with Crippen molar-refractivity contribution in [3.8, 4) is 0 Å². The van der Waals surface area contributed by atoms with E-state index in [2.05, 4.69) is 46.4 Å². The molecule has 1 spiro atoms. The minimum Gasteiger partial charge on any atom is -0.444 e. The molecular formula is C18H29IN4O2. The summed E-state index contributed by atoms with van der Waals surface area (Å²) in [5, 5.41) is 8.20. The molecule has 2 aliphatic rings. The van der Waals surface area contributed by atoms with Gasteiger partial charge in [0.05, 0.1) is 15.3 Å². The first-order valence-corrected chi connectivity index (χ1v) is 10.2. The van der Waals surface area contributed by atoms with Crippen LogP contribution in [-0.2, 0) is 4.74 Å². The van der Waals surface area contributed by atoms with Gasteiger partial charge >= 0.3 is 6.09 Å². The van der Waals surface area contributed by atoms with Gasteiger partial charge in [-0.25, -0.2) is 4.79 Å². The number of halogens is 1. The summed E-state index contributed by atoms with van der Waals surface area (Å²) in [7, 11) is 0. The molecule has 7 heteroatoms. The number of likely N-dealkylation sites (tertiary alicyclic amines) is 1. The van der Waals surface area contributed by atoms with E-state index in [1.54, 1.807) is 0 Å². The second-order valence-corrected chi connectivity index (χ2v) is 9.60. The number of nitrogens with zero attached hydrogens (tertiary/aromatic N) is 3. The summed E-state index contributed by atoms with van der Waals surface area (Å²) < 4.78 is 8.85. The number of amides is 1. The highest BCUT2D eigenvalue weighted by Crippen LogP contribution is 2.54. The summed E-state index contributed by atoms with van der Waals surface area (Å²) in [5.74, 6) is 1.00. The lowest BCUT2D eigenvalue weighted by Crippen LogP contribution is -2.64. The summed E-state index contributed by atoms with van der Waals surface area (Å²) in [6.07, 6.45) is 3.10. The maximum atomic E-state index is 12.1. The molecule has 1 N–H and O–H groups in total. The highest BCUT2D eigenvalue weighted by atomic mass is 127. The minimum absolute atomic E-state index is 0.183. The van der Waals surface area contributed by atoms with E-state index in [-0.39, 0.29) is 11.5 Å². The molecule has 1 aliphatic heterocycles. The maximum absolute atomic E-state index is 12.1. The molecule has 3 rings (SSSR count). The van der Waals surface area contributed by atoms with Gasteiger partial charge in [0.1, 0.15) is 5.60 Å². The zero-order valence-electron chi connectivity index (χ0n) is 15.9. The van der Waals surface area contributed by atoms with Crippen LogP contribution < -0.4 is 5.32 Å². The third-order valence-electron chi connectivity index (χ3n) is 5.01. The van der Waals surface area contributed by atoms with Crippen molar-refractivity contribution in [2.75, 3.05) is 25.0 Å². The van der Waals surface area contributed by atoms with Gasteiger partial charge in [-0.3, -0.25) is 4.68 Å². The Morgan fingerprint density at radius 3 is 2.60 bits per heavy atom. The van der Waals surface area contributed by atoms with Gasteiger partial charge in [0.25, 0.3) is 0 Å². The zero-order chi connectivity index (χ0) is 18.4. The average molecular weight is 460 g/mol. The highest BCUT2D eigenvalue weighted by Gasteiger charge is 2.55. The van der Waals surface area contributed by atoms with E-state index < -0.39 is 5.60 Å². The first-order valence-electron chi connectivity index (χ1n) is 9.10. The van der Waals surface area contributed by atoms with Gasteiger partial charge in [-0.15, -0.1) is 0 Å². The second kappa shape index (κ2) is 6.63. The Hall–Kier alpha value is -0.990. The summed E-state index contributed by atoms with van der Waals surface area (Å²) >= 11 is 2.38. The average Bonchev–Trinajstić information content (AvgIpc) is 2.68. The first kappa shape index (κ1) is 18.8.